The summed E-state index contributed by atoms with van der Waals surface area (Å²) in [5.41, 5.74) is 7.33. The molecule has 0 spiro atoms. The molecule has 3 heteroatoms. The molecule has 0 aliphatic heterocycles. The second-order valence-corrected chi connectivity index (χ2v) is 8.54. The fraction of sp³-hybridized carbons (Fsp3) is 0.200. The van der Waals surface area contributed by atoms with E-state index in [-0.39, 0.29) is 0 Å². The smallest absolute Gasteiger partial charge is 0.230 e. The van der Waals surface area contributed by atoms with Crippen molar-refractivity contribution in [1.29, 1.82) is 0 Å². The fourth-order valence-electron chi connectivity index (χ4n) is 4.47. The Morgan fingerprint density at radius 2 is 1.76 bits per heavy atom. The Balaban J connectivity index is 1.84. The Morgan fingerprint density at radius 3 is 2.48 bits per heavy atom. The van der Waals surface area contributed by atoms with Crippen LogP contribution in [0.25, 0.3) is 49.2 Å². The molecule has 0 fully saturated rings. The molecule has 0 bridgehead atoms. The second kappa shape index (κ2) is 7.90. The topological polar surface area (TPSA) is 21.4 Å². The number of aromatic nitrogens is 1. The van der Waals surface area contributed by atoms with Crippen molar-refractivity contribution in [2.24, 2.45) is 7.05 Å². The summed E-state index contributed by atoms with van der Waals surface area (Å²) in [7, 11) is 1.92. The molecule has 2 aromatic heterocycles. The zero-order chi connectivity index (χ0) is 26.7. The predicted molar refractivity (Wildman–Crippen MR) is 136 cm³/mol. The lowest BCUT2D eigenvalue weighted by Gasteiger charge is -2.11. The van der Waals surface area contributed by atoms with Gasteiger partial charge in [0.2, 0.25) is 11.4 Å². The maximum Gasteiger partial charge on any atom is 0.230 e. The van der Waals surface area contributed by atoms with Crippen LogP contribution in [-0.2, 0) is 7.05 Å². The summed E-state index contributed by atoms with van der Waals surface area (Å²) in [5.74, 6) is -1.78. The maximum absolute atomic E-state index is 8.68. The van der Waals surface area contributed by atoms with Crippen molar-refractivity contribution < 1.29 is 14.5 Å². The number of rotatable bonds is 3. The molecular weight excluding hydrogens is 404 g/mol. The van der Waals surface area contributed by atoms with Crippen LogP contribution in [0.1, 0.15) is 42.0 Å². The highest BCUT2D eigenvalue weighted by Crippen LogP contribution is 2.42. The van der Waals surface area contributed by atoms with Gasteiger partial charge < -0.3 is 4.42 Å². The van der Waals surface area contributed by atoms with Crippen LogP contribution in [0.2, 0.25) is 0 Å². The van der Waals surface area contributed by atoms with E-state index in [0.717, 1.165) is 44.4 Å². The highest BCUT2D eigenvalue weighted by atomic mass is 16.3. The molecule has 33 heavy (non-hydrogen) atoms. The van der Waals surface area contributed by atoms with Crippen molar-refractivity contribution in [3.05, 3.63) is 95.0 Å². The minimum atomic E-state index is -2.49. The number of hydrogen-bond donors (Lipinski definition) is 0. The van der Waals surface area contributed by atoms with Crippen molar-refractivity contribution in [3.63, 3.8) is 0 Å². The van der Waals surface area contributed by atoms with E-state index in [1.807, 2.05) is 74.0 Å². The molecule has 5 rings (SSSR count). The lowest BCUT2D eigenvalue weighted by molar-refractivity contribution is -0.666. The fourth-order valence-corrected chi connectivity index (χ4v) is 4.47. The first-order valence-corrected chi connectivity index (χ1v) is 10.9. The highest BCUT2D eigenvalue weighted by Gasteiger charge is 2.24. The van der Waals surface area contributed by atoms with Gasteiger partial charge in [-0.15, -0.1) is 0 Å². The van der Waals surface area contributed by atoms with Gasteiger partial charge in [0, 0.05) is 35.3 Å². The monoisotopic (exact) mass is 435 g/mol. The van der Waals surface area contributed by atoms with Gasteiger partial charge in [0.05, 0.1) is 12.1 Å². The highest BCUT2D eigenvalue weighted by molar-refractivity contribution is 6.14. The van der Waals surface area contributed by atoms with Gasteiger partial charge in [-0.3, -0.25) is 0 Å². The minimum absolute atomic E-state index is 0.416. The van der Waals surface area contributed by atoms with E-state index in [0.29, 0.717) is 22.4 Å². The Labute approximate surface area is 200 Å². The largest absolute Gasteiger partial charge is 0.466 e. The predicted octanol–water partition coefficient (Wildman–Crippen LogP) is 8.04. The van der Waals surface area contributed by atoms with Crippen LogP contribution in [0.3, 0.4) is 0 Å². The van der Waals surface area contributed by atoms with Crippen molar-refractivity contribution in [2.75, 3.05) is 0 Å². The van der Waals surface area contributed by atoms with Crippen LogP contribution < -0.4 is 4.57 Å². The lowest BCUT2D eigenvalue weighted by Crippen LogP contribution is -2.35. The van der Waals surface area contributed by atoms with Crippen molar-refractivity contribution >= 4 is 27.6 Å². The van der Waals surface area contributed by atoms with Gasteiger partial charge in [-0.05, 0) is 47.2 Å². The van der Waals surface area contributed by atoms with E-state index in [9.17, 15) is 0 Å². The van der Waals surface area contributed by atoms with Gasteiger partial charge in [-0.25, -0.2) is 4.85 Å². The summed E-state index contributed by atoms with van der Waals surface area (Å²) < 4.78 is 40.9. The summed E-state index contributed by atoms with van der Waals surface area (Å²) in [6, 6.07) is 21.4. The van der Waals surface area contributed by atoms with Crippen LogP contribution in [0.5, 0.6) is 0 Å². The number of nitrogens with zero attached hydrogens (tertiary/aromatic N) is 2. The van der Waals surface area contributed by atoms with E-state index < -0.39 is 12.7 Å². The number of fused-ring (bicyclic) bond motifs is 3. The zero-order valence-electron chi connectivity index (χ0n) is 23.2. The molecule has 0 radical (unpaired) electrons. The first kappa shape index (κ1) is 16.7. The van der Waals surface area contributed by atoms with Crippen LogP contribution in [0.15, 0.2) is 71.1 Å². The lowest BCUT2D eigenvalue weighted by atomic mass is 9.95. The van der Waals surface area contributed by atoms with E-state index in [2.05, 4.69) is 10.9 Å². The standard InChI is InChI=1S/C30H27N2O/c1-18(2)22-14-20(4)32(6)27(17-22)28-19(3)12-13-24-25-15-23(21-10-8-7-9-11-21)16-26(31-5)29(25)33-30(24)28/h7-18H,1-4,6H3/q+1/i1D3,18D. The third-order valence-corrected chi connectivity index (χ3v) is 6.39. The van der Waals surface area contributed by atoms with Crippen molar-refractivity contribution in [1.82, 2.24) is 0 Å². The minimum Gasteiger partial charge on any atom is -0.466 e. The van der Waals surface area contributed by atoms with Gasteiger partial charge >= 0.3 is 0 Å². The molecule has 3 aromatic carbocycles. The van der Waals surface area contributed by atoms with Gasteiger partial charge in [0.25, 0.3) is 0 Å². The molecule has 0 amide bonds. The summed E-state index contributed by atoms with van der Waals surface area (Å²) in [5, 5.41) is 1.73. The van der Waals surface area contributed by atoms with Gasteiger partial charge in [-0.1, -0.05) is 56.2 Å². The summed E-state index contributed by atoms with van der Waals surface area (Å²) in [6.07, 6.45) is 0. The molecule has 0 saturated heterocycles. The molecule has 0 aliphatic rings. The molecule has 1 atom stereocenters. The van der Waals surface area contributed by atoms with Crippen LogP contribution in [0.4, 0.5) is 5.69 Å². The number of benzene rings is 3. The van der Waals surface area contributed by atoms with Crippen molar-refractivity contribution in [2.45, 2.75) is 33.5 Å². The Bertz CT molecular complexity index is 1730. The molecule has 0 saturated carbocycles. The Morgan fingerprint density at radius 1 is 0.970 bits per heavy atom. The third-order valence-electron chi connectivity index (χ3n) is 6.39. The SMILES string of the molecule is [2H]C([2H])([2H])C([2H])(C)c1cc(C)[n+](C)c(-c2c(C)ccc3c2oc2c([N+]#[C-])cc(-c4ccccc4)cc23)c1. The van der Waals surface area contributed by atoms with E-state index >= 15 is 0 Å². The van der Waals surface area contributed by atoms with E-state index in [1.165, 1.54) is 6.92 Å². The van der Waals surface area contributed by atoms with Crippen LogP contribution in [-0.4, -0.2) is 0 Å². The van der Waals surface area contributed by atoms with E-state index in [1.54, 1.807) is 12.1 Å². The zero-order valence-corrected chi connectivity index (χ0v) is 19.2. The maximum atomic E-state index is 8.68. The average Bonchev–Trinajstić information content (AvgIpc) is 3.23. The van der Waals surface area contributed by atoms with Gasteiger partial charge in [0.1, 0.15) is 18.2 Å². The molecule has 2 heterocycles. The van der Waals surface area contributed by atoms with Crippen molar-refractivity contribution in [3.8, 4) is 22.4 Å². The average molecular weight is 436 g/mol. The number of hydrogen-bond acceptors (Lipinski definition) is 1. The number of pyridine rings is 1. The first-order valence-electron chi connectivity index (χ1n) is 12.9. The Kier molecular flexibility index (Phi) is 4.00. The summed E-state index contributed by atoms with van der Waals surface area (Å²) >= 11 is 0. The first-order chi connectivity index (χ1) is 17.4. The molecule has 1 unspecified atom stereocenters. The van der Waals surface area contributed by atoms with Gasteiger partial charge in [-0.2, -0.15) is 4.57 Å². The third kappa shape index (κ3) is 3.39. The van der Waals surface area contributed by atoms with Crippen LogP contribution >= 0.6 is 0 Å². The quantitative estimate of drug-likeness (QED) is 0.208. The normalized spacial score (nSPS) is 15.4. The summed E-state index contributed by atoms with van der Waals surface area (Å²) in [6.45, 7) is 10.7. The summed E-state index contributed by atoms with van der Waals surface area (Å²) in [4.78, 5) is 3.77. The molecular formula is C30H27N2O+. The molecule has 0 N–H and O–H groups in total. The molecule has 162 valence electrons. The number of aryl methyl sites for hydroxylation is 2. The molecule has 3 nitrogen and oxygen atoms in total. The Hall–Kier alpha value is -3.90. The number of furan rings is 1. The molecule has 5 aromatic rings. The molecule has 0 aliphatic carbocycles. The van der Waals surface area contributed by atoms with E-state index in [4.69, 9.17) is 16.5 Å². The van der Waals surface area contributed by atoms with Gasteiger partial charge in [0.15, 0.2) is 5.69 Å². The second-order valence-electron chi connectivity index (χ2n) is 8.54. The van der Waals surface area contributed by atoms with Crippen LogP contribution in [0, 0.1) is 20.4 Å².